The van der Waals surface area contributed by atoms with Gasteiger partial charge in [0.05, 0.1) is 19.9 Å². The summed E-state index contributed by atoms with van der Waals surface area (Å²) >= 11 is 6.12. The number of pyridine rings is 1. The third-order valence-corrected chi connectivity index (χ3v) is 4.53. The molecule has 0 spiro atoms. The van der Waals surface area contributed by atoms with Gasteiger partial charge in [0, 0.05) is 28.5 Å². The number of rotatable bonds is 6. The average Bonchev–Trinajstić information content (AvgIpc) is 2.71. The van der Waals surface area contributed by atoms with Crippen LogP contribution in [-0.4, -0.2) is 25.1 Å². The second-order valence-electron chi connectivity index (χ2n) is 6.04. The second kappa shape index (κ2) is 8.63. The highest BCUT2D eigenvalue weighted by Crippen LogP contribution is 2.31. The van der Waals surface area contributed by atoms with Crippen molar-refractivity contribution in [2.24, 2.45) is 0 Å². The summed E-state index contributed by atoms with van der Waals surface area (Å²) in [5, 5.41) is 6.59. The Morgan fingerprint density at radius 2 is 1.86 bits per heavy atom. The summed E-state index contributed by atoms with van der Waals surface area (Å²) in [5.74, 6) is 1.54. The minimum atomic E-state index is -0.257. The van der Waals surface area contributed by atoms with Crippen LogP contribution in [0.2, 0.25) is 5.02 Å². The Balaban J connectivity index is 1.78. The lowest BCUT2D eigenvalue weighted by atomic mass is 10.2. The van der Waals surface area contributed by atoms with E-state index in [0.717, 1.165) is 5.56 Å². The number of carbonyl (C=O) groups is 1. The fraction of sp³-hybridized carbons (Fsp3) is 0.143. The van der Waals surface area contributed by atoms with Gasteiger partial charge in [0.15, 0.2) is 0 Å². The zero-order chi connectivity index (χ0) is 20.1. The molecule has 2 N–H and O–H groups in total. The molecule has 1 aromatic heterocycles. The van der Waals surface area contributed by atoms with Gasteiger partial charge in [-0.2, -0.15) is 0 Å². The third kappa shape index (κ3) is 4.53. The molecule has 1 amide bonds. The molecule has 3 aromatic rings. The number of ether oxygens (including phenoxy) is 2. The smallest absolute Gasteiger partial charge is 0.255 e. The van der Waals surface area contributed by atoms with Gasteiger partial charge in [0.1, 0.15) is 17.3 Å². The number of methoxy groups -OCH3 is 2. The van der Waals surface area contributed by atoms with E-state index in [9.17, 15) is 4.79 Å². The van der Waals surface area contributed by atoms with Gasteiger partial charge in [-0.1, -0.05) is 17.7 Å². The van der Waals surface area contributed by atoms with Gasteiger partial charge in [-0.15, -0.1) is 0 Å². The highest BCUT2D eigenvalue weighted by molar-refractivity contribution is 6.31. The SMILES string of the molecule is COc1ccc(Nc2cc(C(=O)Nc3ccc(C)c(Cl)c3)ccn2)c(OC)c1. The fourth-order valence-corrected chi connectivity index (χ4v) is 2.73. The van der Waals surface area contributed by atoms with Crippen LogP contribution in [-0.2, 0) is 0 Å². The van der Waals surface area contributed by atoms with E-state index in [1.807, 2.05) is 31.2 Å². The van der Waals surface area contributed by atoms with E-state index in [0.29, 0.717) is 39.3 Å². The minimum Gasteiger partial charge on any atom is -0.497 e. The van der Waals surface area contributed by atoms with Crippen LogP contribution < -0.4 is 20.1 Å². The van der Waals surface area contributed by atoms with Crippen molar-refractivity contribution in [1.29, 1.82) is 0 Å². The normalized spacial score (nSPS) is 10.3. The molecular formula is C21H20ClN3O3. The minimum absolute atomic E-state index is 0.257. The van der Waals surface area contributed by atoms with Gasteiger partial charge in [0.2, 0.25) is 0 Å². The molecule has 6 nitrogen and oxygen atoms in total. The maximum absolute atomic E-state index is 12.6. The maximum Gasteiger partial charge on any atom is 0.255 e. The van der Waals surface area contributed by atoms with Crippen LogP contribution >= 0.6 is 11.6 Å². The molecule has 0 aliphatic rings. The molecule has 2 aromatic carbocycles. The monoisotopic (exact) mass is 397 g/mol. The van der Waals surface area contributed by atoms with E-state index in [-0.39, 0.29) is 5.91 Å². The highest BCUT2D eigenvalue weighted by Gasteiger charge is 2.10. The molecule has 0 aliphatic carbocycles. The van der Waals surface area contributed by atoms with Gasteiger partial charge in [-0.3, -0.25) is 4.79 Å². The Morgan fingerprint density at radius 3 is 2.57 bits per heavy atom. The van der Waals surface area contributed by atoms with E-state index >= 15 is 0 Å². The number of carbonyl (C=O) groups excluding carboxylic acids is 1. The number of hydrogen-bond acceptors (Lipinski definition) is 5. The van der Waals surface area contributed by atoms with Crippen LogP contribution in [0.4, 0.5) is 17.2 Å². The van der Waals surface area contributed by atoms with Crippen LogP contribution in [0.5, 0.6) is 11.5 Å². The summed E-state index contributed by atoms with van der Waals surface area (Å²) < 4.78 is 10.6. The van der Waals surface area contributed by atoms with Gasteiger partial charge in [-0.25, -0.2) is 4.98 Å². The molecule has 0 unspecified atom stereocenters. The third-order valence-electron chi connectivity index (χ3n) is 4.12. The van der Waals surface area contributed by atoms with Gasteiger partial charge in [0.25, 0.3) is 5.91 Å². The number of anilines is 3. The first-order valence-electron chi connectivity index (χ1n) is 8.53. The van der Waals surface area contributed by atoms with Gasteiger partial charge < -0.3 is 20.1 Å². The first kappa shape index (κ1) is 19.5. The number of aryl methyl sites for hydroxylation is 1. The number of nitrogens with one attached hydrogen (secondary N) is 2. The van der Waals surface area contributed by atoms with Crippen molar-refractivity contribution in [3.63, 3.8) is 0 Å². The Kier molecular flexibility index (Phi) is 6.01. The van der Waals surface area contributed by atoms with Gasteiger partial charge in [-0.05, 0) is 48.9 Å². The number of benzene rings is 2. The lowest BCUT2D eigenvalue weighted by Gasteiger charge is -2.13. The van der Waals surface area contributed by atoms with E-state index in [1.54, 1.807) is 44.7 Å². The average molecular weight is 398 g/mol. The molecule has 144 valence electrons. The van der Waals surface area contributed by atoms with E-state index in [2.05, 4.69) is 15.6 Å². The number of halogens is 1. The van der Waals surface area contributed by atoms with Crippen LogP contribution in [0.15, 0.2) is 54.7 Å². The molecule has 0 bridgehead atoms. The van der Waals surface area contributed by atoms with Crippen molar-refractivity contribution in [3.05, 3.63) is 70.9 Å². The zero-order valence-corrected chi connectivity index (χ0v) is 16.5. The summed E-state index contributed by atoms with van der Waals surface area (Å²) in [7, 11) is 3.16. The number of amides is 1. The quantitative estimate of drug-likeness (QED) is 0.608. The first-order valence-corrected chi connectivity index (χ1v) is 8.90. The summed E-state index contributed by atoms with van der Waals surface area (Å²) in [6, 6.07) is 14.1. The summed E-state index contributed by atoms with van der Waals surface area (Å²) in [6.07, 6.45) is 1.56. The molecule has 0 saturated carbocycles. The number of nitrogens with zero attached hydrogens (tertiary/aromatic N) is 1. The molecular weight excluding hydrogens is 378 g/mol. The highest BCUT2D eigenvalue weighted by atomic mass is 35.5. The zero-order valence-electron chi connectivity index (χ0n) is 15.7. The fourth-order valence-electron chi connectivity index (χ4n) is 2.55. The largest absolute Gasteiger partial charge is 0.497 e. The maximum atomic E-state index is 12.6. The Labute approximate surface area is 168 Å². The van der Waals surface area contributed by atoms with Gasteiger partial charge >= 0.3 is 0 Å². The van der Waals surface area contributed by atoms with Crippen LogP contribution in [0, 0.1) is 6.92 Å². The molecule has 0 fully saturated rings. The predicted octanol–water partition coefficient (Wildman–Crippen LogP) is 5.06. The van der Waals surface area contributed by atoms with Crippen LogP contribution in [0.25, 0.3) is 0 Å². The Morgan fingerprint density at radius 1 is 1.04 bits per heavy atom. The Bertz CT molecular complexity index is 1010. The Hall–Kier alpha value is -3.25. The van der Waals surface area contributed by atoms with Crippen molar-refractivity contribution in [3.8, 4) is 11.5 Å². The van der Waals surface area contributed by atoms with Crippen molar-refractivity contribution in [2.75, 3.05) is 24.9 Å². The molecule has 1 heterocycles. The first-order chi connectivity index (χ1) is 13.5. The van der Waals surface area contributed by atoms with Crippen molar-refractivity contribution >= 4 is 34.7 Å². The second-order valence-corrected chi connectivity index (χ2v) is 6.45. The summed E-state index contributed by atoms with van der Waals surface area (Å²) in [6.45, 7) is 1.90. The van der Waals surface area contributed by atoms with E-state index in [4.69, 9.17) is 21.1 Å². The van der Waals surface area contributed by atoms with Crippen molar-refractivity contribution < 1.29 is 14.3 Å². The molecule has 7 heteroatoms. The number of hydrogen-bond donors (Lipinski definition) is 2. The molecule has 28 heavy (non-hydrogen) atoms. The molecule has 0 aliphatic heterocycles. The van der Waals surface area contributed by atoms with E-state index in [1.165, 1.54) is 0 Å². The number of aromatic nitrogens is 1. The summed E-state index contributed by atoms with van der Waals surface area (Å²) in [5.41, 5.74) is 2.74. The summed E-state index contributed by atoms with van der Waals surface area (Å²) in [4.78, 5) is 16.8. The molecule has 0 radical (unpaired) electrons. The molecule has 3 rings (SSSR count). The lowest BCUT2D eigenvalue weighted by Crippen LogP contribution is -2.12. The topological polar surface area (TPSA) is 72.5 Å². The standard InChI is InChI=1S/C21H20ClN3O3/c1-13-4-5-15(11-17(13)22)24-21(26)14-8-9-23-20(10-14)25-18-7-6-16(27-2)12-19(18)28-3/h4-12H,1-3H3,(H,23,25)(H,24,26). The van der Waals surface area contributed by atoms with Crippen molar-refractivity contribution in [2.45, 2.75) is 6.92 Å². The van der Waals surface area contributed by atoms with Crippen LogP contribution in [0.1, 0.15) is 15.9 Å². The lowest BCUT2D eigenvalue weighted by molar-refractivity contribution is 0.102. The van der Waals surface area contributed by atoms with Crippen LogP contribution in [0.3, 0.4) is 0 Å². The molecule has 0 saturated heterocycles. The molecule has 0 atom stereocenters. The van der Waals surface area contributed by atoms with E-state index < -0.39 is 0 Å². The van der Waals surface area contributed by atoms with Crippen molar-refractivity contribution in [1.82, 2.24) is 4.98 Å². The predicted molar refractivity (Wildman–Crippen MR) is 111 cm³/mol.